The number of aromatic nitrogens is 5. The quantitative estimate of drug-likeness (QED) is 0.0176. The van der Waals surface area contributed by atoms with E-state index in [1.54, 1.807) is 0 Å². The van der Waals surface area contributed by atoms with Gasteiger partial charge in [0.2, 0.25) is 5.82 Å². The van der Waals surface area contributed by atoms with Crippen LogP contribution in [0.5, 0.6) is 5.75 Å². The number of pyridine rings is 1. The maximum absolute atomic E-state index is 13.8. The van der Waals surface area contributed by atoms with Gasteiger partial charge in [-0.25, -0.2) is 9.97 Å². The standard InChI is InChI=1S/C49H66N10O10/c1-3-26-66-28-30-68-32-33-69-31-29-67-27-23-57(20-10-25-61)18-8-17-56(19-9-24-60)16-7-15-51-48(63)46-54-37-59(55-46)47-44-43(42(65-2)36-53-47)41(35-52-44)45(62)49(64)58-21-13-39(14-22-58)40(34-50)38-11-5-4-6-12-38/h1,4-6,11-12,35-37,52,60-61H,7-10,13-33H2,2H3,(H,51,63). The zero-order valence-electron chi connectivity index (χ0n) is 39.6. The first-order chi connectivity index (χ1) is 33.8. The molecule has 4 N–H and O–H groups in total. The van der Waals surface area contributed by atoms with E-state index in [1.165, 1.54) is 35.4 Å². The Kier molecular flexibility index (Phi) is 23.8. The molecule has 0 bridgehead atoms. The molecule has 4 heterocycles. The molecule has 4 aromatic rings. The summed E-state index contributed by atoms with van der Waals surface area (Å²) < 4.78 is 28.8. The van der Waals surface area contributed by atoms with Crippen LogP contribution in [0.4, 0.5) is 0 Å². The minimum Gasteiger partial charge on any atom is -0.494 e. The van der Waals surface area contributed by atoms with Crippen molar-refractivity contribution in [2.75, 3.05) is 132 Å². The minimum absolute atomic E-state index is 0.0762. The van der Waals surface area contributed by atoms with E-state index in [9.17, 15) is 29.9 Å². The topological polar surface area (TPSA) is 243 Å². The van der Waals surface area contributed by atoms with E-state index < -0.39 is 17.6 Å². The molecule has 1 fully saturated rings. The van der Waals surface area contributed by atoms with Gasteiger partial charge in [-0.15, -0.1) is 11.5 Å². The molecule has 1 aliphatic rings. The van der Waals surface area contributed by atoms with Crippen molar-refractivity contribution in [2.45, 2.75) is 38.5 Å². The second-order valence-electron chi connectivity index (χ2n) is 16.1. The fraction of sp³-hybridized carbons (Fsp3) is 0.531. The highest BCUT2D eigenvalue weighted by atomic mass is 16.6. The number of nitrogens with one attached hydrogen (secondary N) is 2. The number of carbonyl (C=O) groups is 3. The van der Waals surface area contributed by atoms with Gasteiger partial charge < -0.3 is 58.9 Å². The molecule has 0 spiro atoms. The van der Waals surface area contributed by atoms with Crippen molar-refractivity contribution >= 4 is 34.1 Å². The molecule has 5 rings (SSSR count). The van der Waals surface area contributed by atoms with Gasteiger partial charge in [0.1, 0.15) is 18.7 Å². The number of likely N-dealkylation sites (tertiary alicyclic amines) is 1. The number of hydrogen-bond acceptors (Lipinski definition) is 16. The third-order valence-electron chi connectivity index (χ3n) is 11.4. The number of aromatic amines is 1. The Morgan fingerprint density at radius 2 is 1.46 bits per heavy atom. The van der Waals surface area contributed by atoms with E-state index in [-0.39, 0.29) is 42.8 Å². The van der Waals surface area contributed by atoms with Gasteiger partial charge in [0.25, 0.3) is 17.6 Å². The lowest BCUT2D eigenvalue weighted by Gasteiger charge is -2.28. The van der Waals surface area contributed by atoms with Crippen molar-refractivity contribution in [3.8, 4) is 30.0 Å². The van der Waals surface area contributed by atoms with Gasteiger partial charge in [0.15, 0.2) is 5.82 Å². The number of terminal acetylenes is 1. The molecule has 0 unspecified atom stereocenters. The molecule has 3 aromatic heterocycles. The molecule has 372 valence electrons. The molecule has 1 aromatic carbocycles. The molecule has 69 heavy (non-hydrogen) atoms. The molecule has 20 nitrogen and oxygen atoms in total. The van der Waals surface area contributed by atoms with Gasteiger partial charge in [-0.2, -0.15) is 9.94 Å². The third-order valence-corrected chi connectivity index (χ3v) is 11.4. The number of rotatable bonds is 33. The number of aliphatic hydroxyl groups excluding tert-OH is 2. The monoisotopic (exact) mass is 954 g/mol. The Labute approximate surface area is 403 Å². The SMILES string of the molecule is C#CCOCCOCCOCCOCCN(CCCO)CCCN(CCCO)CCCNC(=O)c1ncn(-c2ncc(OC)c3c(C(=O)C(=O)N4CCC(=C(C#N)c5ccccc5)CC4)c[nH]c23)n1. The molecule has 1 aliphatic heterocycles. The van der Waals surface area contributed by atoms with Gasteiger partial charge in [0, 0.05) is 58.7 Å². The Hall–Kier alpha value is -6.07. The highest BCUT2D eigenvalue weighted by Crippen LogP contribution is 2.33. The molecule has 20 heteroatoms. The fourth-order valence-corrected chi connectivity index (χ4v) is 7.87. The van der Waals surface area contributed by atoms with E-state index in [2.05, 4.69) is 47.2 Å². The summed E-state index contributed by atoms with van der Waals surface area (Å²) in [5, 5.41) is 36.5. The summed E-state index contributed by atoms with van der Waals surface area (Å²) in [7, 11) is 1.44. The summed E-state index contributed by atoms with van der Waals surface area (Å²) in [6, 6.07) is 11.7. The smallest absolute Gasteiger partial charge is 0.295 e. The Balaban J connectivity index is 1.07. The van der Waals surface area contributed by atoms with Crippen LogP contribution in [-0.4, -0.2) is 199 Å². The summed E-state index contributed by atoms with van der Waals surface area (Å²) in [6.45, 7) is 9.22. The number of nitriles is 1. The Morgan fingerprint density at radius 1 is 0.841 bits per heavy atom. The summed E-state index contributed by atoms with van der Waals surface area (Å²) in [5.41, 5.74) is 2.84. The number of benzene rings is 1. The van der Waals surface area contributed by atoms with Gasteiger partial charge in [-0.3, -0.25) is 14.4 Å². The molecule has 1 saturated heterocycles. The van der Waals surface area contributed by atoms with Crippen LogP contribution in [-0.2, 0) is 23.7 Å². The largest absolute Gasteiger partial charge is 0.494 e. The maximum atomic E-state index is 13.8. The molecule has 0 saturated carbocycles. The lowest BCUT2D eigenvalue weighted by atomic mass is 9.93. The lowest BCUT2D eigenvalue weighted by Crippen LogP contribution is -2.40. The van der Waals surface area contributed by atoms with Crippen molar-refractivity contribution < 1.29 is 48.3 Å². The number of aliphatic hydroxyl groups is 2. The second kappa shape index (κ2) is 30.4. The predicted molar refractivity (Wildman–Crippen MR) is 257 cm³/mol. The summed E-state index contributed by atoms with van der Waals surface area (Å²) in [6.07, 6.45) is 13.1. The Bertz CT molecular complexity index is 2310. The van der Waals surface area contributed by atoms with Gasteiger partial charge in [0.05, 0.1) is 87.7 Å². The number of methoxy groups -OCH3 is 1. The van der Waals surface area contributed by atoms with Crippen LogP contribution in [0.2, 0.25) is 0 Å². The third kappa shape index (κ3) is 16.8. The Morgan fingerprint density at radius 3 is 2.10 bits per heavy atom. The van der Waals surface area contributed by atoms with Crippen molar-refractivity contribution in [3.63, 3.8) is 0 Å². The number of allylic oxidation sites excluding steroid dienone is 1. The fourth-order valence-electron chi connectivity index (χ4n) is 7.87. The second-order valence-corrected chi connectivity index (χ2v) is 16.1. The van der Waals surface area contributed by atoms with Crippen LogP contribution in [0.1, 0.15) is 65.1 Å². The first-order valence-corrected chi connectivity index (χ1v) is 23.5. The van der Waals surface area contributed by atoms with Crippen molar-refractivity contribution in [2.24, 2.45) is 0 Å². The molecular weight excluding hydrogens is 889 g/mol. The number of H-pyrrole nitrogens is 1. The average Bonchev–Trinajstić information content (AvgIpc) is 4.06. The highest BCUT2D eigenvalue weighted by Gasteiger charge is 2.30. The summed E-state index contributed by atoms with van der Waals surface area (Å²) >= 11 is 0. The normalized spacial score (nSPS) is 12.7. The molecule has 0 atom stereocenters. The predicted octanol–water partition coefficient (Wildman–Crippen LogP) is 2.51. The molecular formula is C49H66N10O10. The van der Waals surface area contributed by atoms with E-state index >= 15 is 0 Å². The van der Waals surface area contributed by atoms with Gasteiger partial charge in [-0.1, -0.05) is 36.3 Å². The number of piperidine rings is 1. The lowest BCUT2D eigenvalue weighted by molar-refractivity contribution is -0.126. The van der Waals surface area contributed by atoms with Crippen LogP contribution in [0.25, 0.3) is 22.3 Å². The molecule has 0 radical (unpaired) electrons. The molecule has 2 amide bonds. The number of carbonyl (C=O) groups excluding carboxylic acids is 3. The molecule has 0 aliphatic carbocycles. The van der Waals surface area contributed by atoms with Crippen molar-refractivity contribution in [1.82, 2.24) is 44.7 Å². The van der Waals surface area contributed by atoms with Crippen LogP contribution in [0.15, 0.2) is 54.6 Å². The number of amides is 2. The number of hydrogen-bond donors (Lipinski definition) is 4. The zero-order valence-corrected chi connectivity index (χ0v) is 39.6. The van der Waals surface area contributed by atoms with E-state index in [0.29, 0.717) is 128 Å². The average molecular weight is 955 g/mol. The van der Waals surface area contributed by atoms with E-state index in [0.717, 1.165) is 43.7 Å². The minimum atomic E-state index is -0.723. The number of ketones is 1. The van der Waals surface area contributed by atoms with E-state index in [4.69, 9.17) is 30.1 Å². The zero-order chi connectivity index (χ0) is 49.1. The number of Topliss-reactive ketones (excluding diaryl/α,β-unsaturated/α-hetero) is 1. The first-order valence-electron chi connectivity index (χ1n) is 23.5. The number of fused-ring (bicyclic) bond motifs is 1. The number of nitrogens with zero attached hydrogens (tertiary/aromatic N) is 8. The van der Waals surface area contributed by atoms with Gasteiger partial charge >= 0.3 is 0 Å². The van der Waals surface area contributed by atoms with Crippen molar-refractivity contribution in [1.29, 1.82) is 5.26 Å². The van der Waals surface area contributed by atoms with E-state index in [1.807, 2.05) is 30.3 Å². The number of ether oxygens (including phenoxy) is 5. The van der Waals surface area contributed by atoms with Crippen LogP contribution < -0.4 is 10.1 Å². The van der Waals surface area contributed by atoms with Gasteiger partial charge in [-0.05, 0) is 69.3 Å². The first kappa shape index (κ1) is 53.9. The summed E-state index contributed by atoms with van der Waals surface area (Å²) in [5.74, 6) is 0.973. The van der Waals surface area contributed by atoms with Crippen LogP contribution in [0.3, 0.4) is 0 Å². The van der Waals surface area contributed by atoms with Crippen LogP contribution >= 0.6 is 0 Å². The maximum Gasteiger partial charge on any atom is 0.295 e. The highest BCUT2D eigenvalue weighted by molar-refractivity contribution is 6.45. The van der Waals surface area contributed by atoms with Crippen molar-refractivity contribution in [3.05, 3.63) is 71.6 Å². The summed E-state index contributed by atoms with van der Waals surface area (Å²) in [4.78, 5) is 58.4. The van der Waals surface area contributed by atoms with Crippen LogP contribution in [0, 0.1) is 23.7 Å².